The summed E-state index contributed by atoms with van der Waals surface area (Å²) in [6.07, 6.45) is 0.363. The number of carboxylic acids is 1. The average Bonchev–Trinajstić information content (AvgIpc) is 2.59. The standard InChI is InChI=1S/C18H20O5/c1-21-13-6-4-12(5-7-13)10-16(18(19)20)15-9-8-14(22-2)11-17(15)23-3/h4-9,11,16H,10H2,1-3H3,(H,19,20). The Morgan fingerprint density at radius 1 is 0.957 bits per heavy atom. The van der Waals surface area contributed by atoms with Gasteiger partial charge in [-0.05, 0) is 30.2 Å². The van der Waals surface area contributed by atoms with E-state index < -0.39 is 11.9 Å². The van der Waals surface area contributed by atoms with Crippen LogP contribution in [-0.4, -0.2) is 32.4 Å². The number of rotatable bonds is 7. The Bertz CT molecular complexity index is 664. The van der Waals surface area contributed by atoms with Gasteiger partial charge in [-0.25, -0.2) is 0 Å². The number of hydrogen-bond acceptors (Lipinski definition) is 4. The number of carbonyl (C=O) groups is 1. The van der Waals surface area contributed by atoms with Crippen molar-refractivity contribution >= 4 is 5.97 Å². The first kappa shape index (κ1) is 16.7. The van der Waals surface area contributed by atoms with Crippen molar-refractivity contribution in [1.82, 2.24) is 0 Å². The van der Waals surface area contributed by atoms with E-state index in [1.807, 2.05) is 24.3 Å². The minimum Gasteiger partial charge on any atom is -0.497 e. The molecular weight excluding hydrogens is 296 g/mol. The Labute approximate surface area is 135 Å². The van der Waals surface area contributed by atoms with Crippen LogP contribution in [0.25, 0.3) is 0 Å². The molecule has 1 unspecified atom stereocenters. The van der Waals surface area contributed by atoms with Crippen LogP contribution in [0.3, 0.4) is 0 Å². The summed E-state index contributed by atoms with van der Waals surface area (Å²) in [5.41, 5.74) is 1.53. The summed E-state index contributed by atoms with van der Waals surface area (Å²) < 4.78 is 15.6. The second-order valence-corrected chi connectivity index (χ2v) is 5.05. The maximum absolute atomic E-state index is 11.7. The second kappa shape index (κ2) is 7.54. The molecule has 5 heteroatoms. The molecule has 0 spiro atoms. The molecule has 122 valence electrons. The molecule has 0 fully saturated rings. The smallest absolute Gasteiger partial charge is 0.311 e. The van der Waals surface area contributed by atoms with Crippen LogP contribution in [0.5, 0.6) is 17.2 Å². The first-order valence-corrected chi connectivity index (χ1v) is 7.16. The van der Waals surface area contributed by atoms with E-state index in [0.717, 1.165) is 11.3 Å². The van der Waals surface area contributed by atoms with Gasteiger partial charge in [0.15, 0.2) is 0 Å². The molecule has 0 aliphatic rings. The molecule has 2 rings (SSSR count). The van der Waals surface area contributed by atoms with Crippen molar-refractivity contribution in [1.29, 1.82) is 0 Å². The van der Waals surface area contributed by atoms with Crippen molar-refractivity contribution in [2.75, 3.05) is 21.3 Å². The Balaban J connectivity index is 2.32. The fourth-order valence-corrected chi connectivity index (χ4v) is 2.43. The van der Waals surface area contributed by atoms with Crippen LogP contribution in [0.4, 0.5) is 0 Å². The largest absolute Gasteiger partial charge is 0.497 e. The first-order chi connectivity index (χ1) is 11.1. The molecule has 0 aromatic heterocycles. The first-order valence-electron chi connectivity index (χ1n) is 7.16. The SMILES string of the molecule is COc1ccc(CC(C(=O)O)c2ccc(OC)cc2OC)cc1. The Morgan fingerprint density at radius 3 is 2.09 bits per heavy atom. The zero-order chi connectivity index (χ0) is 16.8. The zero-order valence-electron chi connectivity index (χ0n) is 13.4. The molecule has 1 N–H and O–H groups in total. The summed E-state index contributed by atoms with van der Waals surface area (Å²) in [6.45, 7) is 0. The summed E-state index contributed by atoms with van der Waals surface area (Å²) in [5, 5.41) is 9.62. The van der Waals surface area contributed by atoms with Crippen molar-refractivity contribution in [3.05, 3.63) is 53.6 Å². The molecule has 1 atom stereocenters. The zero-order valence-corrected chi connectivity index (χ0v) is 13.4. The van der Waals surface area contributed by atoms with Gasteiger partial charge in [0.25, 0.3) is 0 Å². The highest BCUT2D eigenvalue weighted by molar-refractivity contribution is 5.78. The lowest BCUT2D eigenvalue weighted by Gasteiger charge is -2.17. The normalized spacial score (nSPS) is 11.6. The molecule has 0 aliphatic carbocycles. The maximum atomic E-state index is 11.7. The van der Waals surface area contributed by atoms with Gasteiger partial charge in [0, 0.05) is 11.6 Å². The third-order valence-corrected chi connectivity index (χ3v) is 3.71. The Hall–Kier alpha value is -2.69. The van der Waals surface area contributed by atoms with Crippen LogP contribution in [0.15, 0.2) is 42.5 Å². The topological polar surface area (TPSA) is 65.0 Å². The molecule has 0 saturated carbocycles. The van der Waals surface area contributed by atoms with Crippen molar-refractivity contribution < 1.29 is 24.1 Å². The van der Waals surface area contributed by atoms with E-state index in [-0.39, 0.29) is 0 Å². The predicted octanol–water partition coefficient (Wildman–Crippen LogP) is 3.12. The molecule has 0 bridgehead atoms. The summed E-state index contributed by atoms with van der Waals surface area (Å²) >= 11 is 0. The molecule has 0 aliphatic heterocycles. The Morgan fingerprint density at radius 2 is 1.57 bits per heavy atom. The molecule has 0 amide bonds. The number of hydrogen-bond donors (Lipinski definition) is 1. The fraction of sp³-hybridized carbons (Fsp3) is 0.278. The number of ether oxygens (including phenoxy) is 3. The van der Waals surface area contributed by atoms with Gasteiger partial charge in [-0.15, -0.1) is 0 Å². The van der Waals surface area contributed by atoms with E-state index in [0.29, 0.717) is 23.5 Å². The quantitative estimate of drug-likeness (QED) is 0.850. The van der Waals surface area contributed by atoms with Gasteiger partial charge in [0.1, 0.15) is 17.2 Å². The van der Waals surface area contributed by atoms with E-state index in [1.54, 1.807) is 32.4 Å². The van der Waals surface area contributed by atoms with Crippen molar-refractivity contribution in [2.45, 2.75) is 12.3 Å². The number of methoxy groups -OCH3 is 3. The van der Waals surface area contributed by atoms with Crippen molar-refractivity contribution in [2.24, 2.45) is 0 Å². The van der Waals surface area contributed by atoms with E-state index in [9.17, 15) is 9.90 Å². The van der Waals surface area contributed by atoms with E-state index in [1.165, 1.54) is 7.11 Å². The van der Waals surface area contributed by atoms with Gasteiger partial charge in [0.05, 0.1) is 27.2 Å². The fourth-order valence-electron chi connectivity index (χ4n) is 2.43. The van der Waals surface area contributed by atoms with Crippen LogP contribution in [0.1, 0.15) is 17.0 Å². The number of benzene rings is 2. The van der Waals surface area contributed by atoms with Crippen LogP contribution < -0.4 is 14.2 Å². The highest BCUT2D eigenvalue weighted by Crippen LogP contribution is 2.33. The van der Waals surface area contributed by atoms with Crippen LogP contribution in [0, 0.1) is 0 Å². The van der Waals surface area contributed by atoms with Crippen LogP contribution >= 0.6 is 0 Å². The highest BCUT2D eigenvalue weighted by Gasteiger charge is 2.24. The summed E-state index contributed by atoms with van der Waals surface area (Å²) in [4.78, 5) is 11.7. The Kier molecular flexibility index (Phi) is 5.46. The predicted molar refractivity (Wildman–Crippen MR) is 86.6 cm³/mol. The lowest BCUT2D eigenvalue weighted by Crippen LogP contribution is -2.15. The molecule has 2 aromatic rings. The van der Waals surface area contributed by atoms with Gasteiger partial charge in [-0.1, -0.05) is 18.2 Å². The summed E-state index contributed by atoms with van der Waals surface area (Å²) in [5.74, 6) is 0.264. The minimum absolute atomic E-state index is 0.363. The minimum atomic E-state index is -0.899. The van der Waals surface area contributed by atoms with Crippen molar-refractivity contribution in [3.8, 4) is 17.2 Å². The van der Waals surface area contributed by atoms with Gasteiger partial charge in [0.2, 0.25) is 0 Å². The third-order valence-electron chi connectivity index (χ3n) is 3.71. The van der Waals surface area contributed by atoms with Gasteiger partial charge in [-0.2, -0.15) is 0 Å². The molecule has 23 heavy (non-hydrogen) atoms. The third kappa shape index (κ3) is 3.94. The van der Waals surface area contributed by atoms with Gasteiger partial charge >= 0.3 is 5.97 Å². The maximum Gasteiger partial charge on any atom is 0.311 e. The van der Waals surface area contributed by atoms with E-state index in [2.05, 4.69) is 0 Å². The van der Waals surface area contributed by atoms with Gasteiger partial charge in [-0.3, -0.25) is 4.79 Å². The molecular formula is C18H20O5. The monoisotopic (exact) mass is 316 g/mol. The molecule has 2 aromatic carbocycles. The lowest BCUT2D eigenvalue weighted by atomic mass is 9.91. The van der Waals surface area contributed by atoms with Crippen LogP contribution in [-0.2, 0) is 11.2 Å². The lowest BCUT2D eigenvalue weighted by molar-refractivity contribution is -0.138. The summed E-state index contributed by atoms with van der Waals surface area (Å²) in [6, 6.07) is 12.5. The number of carboxylic acid groups (broad SMARTS) is 1. The highest BCUT2D eigenvalue weighted by atomic mass is 16.5. The van der Waals surface area contributed by atoms with E-state index >= 15 is 0 Å². The molecule has 0 radical (unpaired) electrons. The average molecular weight is 316 g/mol. The second-order valence-electron chi connectivity index (χ2n) is 5.05. The molecule has 0 heterocycles. The molecule has 0 saturated heterocycles. The van der Waals surface area contributed by atoms with Crippen molar-refractivity contribution in [3.63, 3.8) is 0 Å². The van der Waals surface area contributed by atoms with Gasteiger partial charge < -0.3 is 19.3 Å². The molecule has 5 nitrogen and oxygen atoms in total. The summed E-state index contributed by atoms with van der Waals surface area (Å²) in [7, 11) is 4.67. The van der Waals surface area contributed by atoms with Crippen LogP contribution in [0.2, 0.25) is 0 Å². The number of aliphatic carboxylic acids is 1. The van der Waals surface area contributed by atoms with E-state index in [4.69, 9.17) is 14.2 Å².